The van der Waals surface area contributed by atoms with Crippen molar-refractivity contribution in [2.24, 2.45) is 0 Å². The molecular weight excluding hydrogens is 432 g/mol. The van der Waals surface area contributed by atoms with Crippen LogP contribution in [0.5, 0.6) is 17.2 Å². The summed E-state index contributed by atoms with van der Waals surface area (Å²) in [4.78, 5) is 15.9. The van der Waals surface area contributed by atoms with Gasteiger partial charge in [-0.05, 0) is 61.1 Å². The Balaban J connectivity index is 1.54. The Bertz CT molecular complexity index is 1010. The molecule has 0 unspecified atom stereocenters. The molecule has 33 heavy (non-hydrogen) atoms. The number of thioether (sulfide) groups is 1. The minimum Gasteiger partial charge on any atom is -0.496 e. The van der Waals surface area contributed by atoms with Crippen molar-refractivity contribution in [1.29, 1.82) is 0 Å². The number of methoxy groups -OCH3 is 1. The standard InChI is InChI=1S/C27H32N2O3S/c1-4-29(5-2)18-17-28-27(30)25-16-15-24(19-26(25)31-3)33-20-21-11-13-23(14-12-21)32-22-9-7-6-8-10-22/h6-16,19H,4-5,17-18,20H2,1-3H3,(H,28,30). The molecule has 6 heteroatoms. The second-order valence-electron chi connectivity index (χ2n) is 7.49. The third-order valence-corrected chi connectivity index (χ3v) is 6.40. The van der Waals surface area contributed by atoms with E-state index in [1.165, 1.54) is 5.56 Å². The zero-order valence-corrected chi connectivity index (χ0v) is 20.4. The van der Waals surface area contributed by atoms with Crippen molar-refractivity contribution in [2.45, 2.75) is 24.5 Å². The Morgan fingerprint density at radius 2 is 1.64 bits per heavy atom. The van der Waals surface area contributed by atoms with E-state index in [1.807, 2.05) is 60.7 Å². The highest BCUT2D eigenvalue weighted by molar-refractivity contribution is 7.98. The molecule has 0 saturated heterocycles. The summed E-state index contributed by atoms with van der Waals surface area (Å²) in [5, 5.41) is 2.99. The van der Waals surface area contributed by atoms with E-state index in [0.717, 1.165) is 41.8 Å². The Hall–Kier alpha value is -2.96. The molecule has 0 aliphatic carbocycles. The van der Waals surface area contributed by atoms with Crippen LogP contribution >= 0.6 is 11.8 Å². The number of ether oxygens (including phenoxy) is 2. The fourth-order valence-corrected chi connectivity index (χ4v) is 4.24. The first-order chi connectivity index (χ1) is 16.1. The van der Waals surface area contributed by atoms with Gasteiger partial charge in [0.25, 0.3) is 5.91 Å². The molecule has 3 aromatic rings. The predicted molar refractivity (Wildman–Crippen MR) is 136 cm³/mol. The number of carbonyl (C=O) groups excluding carboxylic acids is 1. The summed E-state index contributed by atoms with van der Waals surface area (Å²) >= 11 is 1.70. The molecule has 0 saturated carbocycles. The third-order valence-electron chi connectivity index (χ3n) is 5.33. The Labute approximate surface area is 201 Å². The van der Waals surface area contributed by atoms with Gasteiger partial charge in [-0.3, -0.25) is 4.79 Å². The van der Waals surface area contributed by atoms with Crippen molar-refractivity contribution in [3.63, 3.8) is 0 Å². The quantitative estimate of drug-likeness (QED) is 0.341. The molecule has 0 aliphatic heterocycles. The average molecular weight is 465 g/mol. The van der Waals surface area contributed by atoms with Crippen LogP contribution < -0.4 is 14.8 Å². The van der Waals surface area contributed by atoms with E-state index in [9.17, 15) is 4.79 Å². The summed E-state index contributed by atoms with van der Waals surface area (Å²) in [5.74, 6) is 2.93. The van der Waals surface area contributed by atoms with Crippen LogP contribution in [0.3, 0.4) is 0 Å². The molecule has 0 spiro atoms. The average Bonchev–Trinajstić information content (AvgIpc) is 2.86. The lowest BCUT2D eigenvalue weighted by Gasteiger charge is -2.18. The van der Waals surface area contributed by atoms with Gasteiger partial charge in [0.1, 0.15) is 17.2 Å². The summed E-state index contributed by atoms with van der Waals surface area (Å²) < 4.78 is 11.4. The molecule has 3 aromatic carbocycles. The van der Waals surface area contributed by atoms with Crippen LogP contribution in [0, 0.1) is 0 Å². The second-order valence-corrected chi connectivity index (χ2v) is 8.54. The third kappa shape index (κ3) is 7.55. The van der Waals surface area contributed by atoms with Crippen LogP contribution in [0.25, 0.3) is 0 Å². The lowest BCUT2D eigenvalue weighted by Crippen LogP contribution is -2.34. The number of nitrogens with zero attached hydrogens (tertiary/aromatic N) is 1. The number of hydrogen-bond donors (Lipinski definition) is 1. The lowest BCUT2D eigenvalue weighted by atomic mass is 10.2. The van der Waals surface area contributed by atoms with Crippen molar-refractivity contribution < 1.29 is 14.3 Å². The van der Waals surface area contributed by atoms with Gasteiger partial charge in [-0.15, -0.1) is 11.8 Å². The largest absolute Gasteiger partial charge is 0.496 e. The smallest absolute Gasteiger partial charge is 0.255 e. The summed E-state index contributed by atoms with van der Waals surface area (Å²) in [6, 6.07) is 23.6. The van der Waals surface area contributed by atoms with Gasteiger partial charge >= 0.3 is 0 Å². The molecule has 0 aliphatic rings. The fraction of sp³-hybridized carbons (Fsp3) is 0.296. The number of benzene rings is 3. The molecular formula is C27H32N2O3S. The van der Waals surface area contributed by atoms with E-state index >= 15 is 0 Å². The van der Waals surface area contributed by atoms with Crippen LogP contribution in [0.4, 0.5) is 0 Å². The number of para-hydroxylation sites is 1. The van der Waals surface area contributed by atoms with Gasteiger partial charge in [0, 0.05) is 23.7 Å². The maximum absolute atomic E-state index is 12.6. The van der Waals surface area contributed by atoms with Crippen molar-refractivity contribution in [2.75, 3.05) is 33.3 Å². The maximum atomic E-state index is 12.6. The lowest BCUT2D eigenvalue weighted by molar-refractivity contribution is 0.0946. The SMILES string of the molecule is CCN(CC)CCNC(=O)c1ccc(SCc2ccc(Oc3ccccc3)cc2)cc1OC. The van der Waals surface area contributed by atoms with Crippen LogP contribution in [-0.4, -0.2) is 44.1 Å². The summed E-state index contributed by atoms with van der Waals surface area (Å²) in [6.07, 6.45) is 0. The predicted octanol–water partition coefficient (Wildman–Crippen LogP) is 5.85. The summed E-state index contributed by atoms with van der Waals surface area (Å²) in [5.41, 5.74) is 1.75. The molecule has 1 amide bonds. The number of hydrogen-bond acceptors (Lipinski definition) is 5. The first kappa shape index (κ1) is 24.7. The van der Waals surface area contributed by atoms with E-state index in [2.05, 4.69) is 36.2 Å². The number of rotatable bonds is 12. The number of carbonyl (C=O) groups is 1. The minimum absolute atomic E-state index is 0.107. The van der Waals surface area contributed by atoms with Crippen molar-refractivity contribution in [1.82, 2.24) is 10.2 Å². The maximum Gasteiger partial charge on any atom is 0.255 e. The molecule has 0 aromatic heterocycles. The molecule has 5 nitrogen and oxygen atoms in total. The van der Waals surface area contributed by atoms with Crippen LogP contribution in [0.2, 0.25) is 0 Å². The molecule has 0 radical (unpaired) electrons. The molecule has 0 heterocycles. The highest BCUT2D eigenvalue weighted by Crippen LogP contribution is 2.30. The highest BCUT2D eigenvalue weighted by atomic mass is 32.2. The normalized spacial score (nSPS) is 10.8. The van der Waals surface area contributed by atoms with Gasteiger partial charge in [-0.1, -0.05) is 44.2 Å². The number of nitrogens with one attached hydrogen (secondary N) is 1. The van der Waals surface area contributed by atoms with E-state index in [-0.39, 0.29) is 5.91 Å². The van der Waals surface area contributed by atoms with Crippen LogP contribution in [0.15, 0.2) is 77.7 Å². The van der Waals surface area contributed by atoms with E-state index in [4.69, 9.17) is 9.47 Å². The van der Waals surface area contributed by atoms with Gasteiger partial charge in [-0.25, -0.2) is 0 Å². The Morgan fingerprint density at radius 3 is 2.30 bits per heavy atom. The van der Waals surface area contributed by atoms with E-state index in [0.29, 0.717) is 17.9 Å². The van der Waals surface area contributed by atoms with Crippen molar-refractivity contribution in [3.05, 3.63) is 83.9 Å². The summed E-state index contributed by atoms with van der Waals surface area (Å²) in [7, 11) is 1.60. The molecule has 0 bridgehead atoms. The first-order valence-electron chi connectivity index (χ1n) is 11.3. The van der Waals surface area contributed by atoms with Crippen molar-refractivity contribution >= 4 is 17.7 Å². The topological polar surface area (TPSA) is 50.8 Å². The van der Waals surface area contributed by atoms with E-state index < -0.39 is 0 Å². The van der Waals surface area contributed by atoms with Crippen molar-refractivity contribution in [3.8, 4) is 17.2 Å². The molecule has 0 fully saturated rings. The highest BCUT2D eigenvalue weighted by Gasteiger charge is 2.13. The zero-order valence-electron chi connectivity index (χ0n) is 19.5. The second kappa shape index (κ2) is 12.9. The van der Waals surface area contributed by atoms with Gasteiger partial charge < -0.3 is 19.7 Å². The zero-order chi connectivity index (χ0) is 23.5. The number of likely N-dealkylation sites (N-methyl/N-ethyl adjacent to an activating group) is 1. The van der Waals surface area contributed by atoms with Gasteiger partial charge in [0.2, 0.25) is 0 Å². The molecule has 174 valence electrons. The van der Waals surface area contributed by atoms with Gasteiger partial charge in [0.05, 0.1) is 12.7 Å². The molecule has 1 N–H and O–H groups in total. The van der Waals surface area contributed by atoms with Gasteiger partial charge in [0.15, 0.2) is 0 Å². The monoisotopic (exact) mass is 464 g/mol. The Kier molecular flexibility index (Phi) is 9.66. The minimum atomic E-state index is -0.107. The molecule has 3 rings (SSSR count). The Morgan fingerprint density at radius 1 is 0.939 bits per heavy atom. The van der Waals surface area contributed by atoms with Crippen LogP contribution in [0.1, 0.15) is 29.8 Å². The van der Waals surface area contributed by atoms with Gasteiger partial charge in [-0.2, -0.15) is 0 Å². The molecule has 0 atom stereocenters. The first-order valence-corrected chi connectivity index (χ1v) is 12.2. The summed E-state index contributed by atoms with van der Waals surface area (Å²) in [6.45, 7) is 7.65. The fourth-order valence-electron chi connectivity index (χ4n) is 3.36. The van der Waals surface area contributed by atoms with E-state index in [1.54, 1.807) is 18.9 Å². The number of amides is 1. The van der Waals surface area contributed by atoms with Crippen LogP contribution in [-0.2, 0) is 5.75 Å².